The molecule has 0 amide bonds. The van der Waals surface area contributed by atoms with Gasteiger partial charge in [0.15, 0.2) is 0 Å². The topological polar surface area (TPSA) is 86.1 Å². The number of benzene rings is 2. The molecule has 0 spiro atoms. The smallest absolute Gasteiger partial charge is 0.336 e. The van der Waals surface area contributed by atoms with E-state index in [1.807, 2.05) is 24.3 Å². The summed E-state index contributed by atoms with van der Waals surface area (Å²) in [6.45, 7) is 0. The number of hydrogen-bond acceptors (Lipinski definition) is 2. The summed E-state index contributed by atoms with van der Waals surface area (Å²) in [5.74, 6) is -1.10. The maximum absolute atomic E-state index is 11.0. The van der Waals surface area contributed by atoms with Crippen LogP contribution in [0.4, 0.5) is 5.69 Å². The van der Waals surface area contributed by atoms with Crippen molar-refractivity contribution in [1.29, 1.82) is 0 Å². The number of hydrogen-bond donors (Lipinski definition) is 1. The van der Waals surface area contributed by atoms with Gasteiger partial charge in [-0.3, -0.25) is 0 Å². The molecule has 2 aromatic carbocycles. The molecule has 2 aromatic rings. The van der Waals surface area contributed by atoms with Gasteiger partial charge in [0.1, 0.15) is 0 Å². The number of rotatable bonds is 2. The highest BCUT2D eigenvalue weighted by molar-refractivity contribution is 6.00. The van der Waals surface area contributed by atoms with Gasteiger partial charge in [-0.1, -0.05) is 29.4 Å². The summed E-state index contributed by atoms with van der Waals surface area (Å²) >= 11 is 0. The molecule has 0 aromatic heterocycles. The lowest BCUT2D eigenvalue weighted by Crippen LogP contribution is -1.96. The van der Waals surface area contributed by atoms with Gasteiger partial charge in [0.2, 0.25) is 0 Å². The van der Waals surface area contributed by atoms with E-state index in [4.69, 9.17) is 10.6 Å². The average Bonchev–Trinajstić information content (AvgIpc) is 2.28. The SMILES string of the molecule is [N-]=[N+]=Nc1cc2ccccc2cc1C(=O)O. The van der Waals surface area contributed by atoms with Crippen molar-refractivity contribution in [2.45, 2.75) is 0 Å². The predicted octanol–water partition coefficient (Wildman–Crippen LogP) is 3.48. The summed E-state index contributed by atoms with van der Waals surface area (Å²) in [7, 11) is 0. The van der Waals surface area contributed by atoms with Crippen molar-refractivity contribution in [2.75, 3.05) is 0 Å². The summed E-state index contributed by atoms with van der Waals surface area (Å²) in [5.41, 5.74) is 8.51. The molecule has 0 fully saturated rings. The van der Waals surface area contributed by atoms with E-state index in [0.29, 0.717) is 0 Å². The van der Waals surface area contributed by atoms with Crippen LogP contribution in [0.2, 0.25) is 0 Å². The van der Waals surface area contributed by atoms with Crippen LogP contribution in [0.25, 0.3) is 21.2 Å². The highest BCUT2D eigenvalue weighted by atomic mass is 16.4. The molecular formula is C11H7N3O2. The van der Waals surface area contributed by atoms with Crippen LogP contribution < -0.4 is 0 Å². The van der Waals surface area contributed by atoms with Crippen molar-refractivity contribution in [2.24, 2.45) is 5.11 Å². The van der Waals surface area contributed by atoms with Gasteiger partial charge in [0, 0.05) is 4.91 Å². The number of nitrogens with zero attached hydrogens (tertiary/aromatic N) is 3. The van der Waals surface area contributed by atoms with E-state index < -0.39 is 5.97 Å². The lowest BCUT2D eigenvalue weighted by molar-refractivity contribution is 0.0698. The minimum Gasteiger partial charge on any atom is -0.478 e. The van der Waals surface area contributed by atoms with Crippen molar-refractivity contribution in [1.82, 2.24) is 0 Å². The Hall–Kier alpha value is -2.52. The molecule has 16 heavy (non-hydrogen) atoms. The zero-order valence-corrected chi connectivity index (χ0v) is 8.16. The van der Waals surface area contributed by atoms with Crippen molar-refractivity contribution >= 4 is 22.4 Å². The molecule has 2 rings (SSSR count). The number of carboxylic acids is 1. The summed E-state index contributed by atoms with van der Waals surface area (Å²) < 4.78 is 0. The Morgan fingerprint density at radius 1 is 1.25 bits per heavy atom. The molecule has 5 nitrogen and oxygen atoms in total. The van der Waals surface area contributed by atoms with Crippen LogP contribution in [-0.2, 0) is 0 Å². The number of carboxylic acid groups (broad SMARTS) is 1. The van der Waals surface area contributed by atoms with E-state index in [0.717, 1.165) is 10.8 Å². The third-order valence-corrected chi connectivity index (χ3v) is 2.25. The van der Waals surface area contributed by atoms with Crippen LogP contribution >= 0.6 is 0 Å². The summed E-state index contributed by atoms with van der Waals surface area (Å²) in [5, 5.41) is 14.0. The lowest BCUT2D eigenvalue weighted by atomic mass is 10.1. The Bertz CT molecular complexity index is 575. The minimum absolute atomic E-state index is 0.0106. The standard InChI is InChI=1S/C11H7N3O2/c12-14-13-10-6-8-4-2-1-3-7(8)5-9(10)11(15)16/h1-6H,(H,15,16). The van der Waals surface area contributed by atoms with Crippen LogP contribution in [0.5, 0.6) is 0 Å². The van der Waals surface area contributed by atoms with Gasteiger partial charge < -0.3 is 5.11 Å². The van der Waals surface area contributed by atoms with E-state index in [9.17, 15) is 4.79 Å². The highest BCUT2D eigenvalue weighted by Crippen LogP contribution is 2.26. The quantitative estimate of drug-likeness (QED) is 0.470. The van der Waals surface area contributed by atoms with Crippen LogP contribution in [0.1, 0.15) is 10.4 Å². The second-order valence-corrected chi connectivity index (χ2v) is 3.21. The van der Waals surface area contributed by atoms with Gasteiger partial charge in [0.25, 0.3) is 0 Å². The molecule has 0 bridgehead atoms. The predicted molar refractivity (Wildman–Crippen MR) is 59.7 cm³/mol. The zero-order valence-electron chi connectivity index (χ0n) is 8.16. The molecule has 1 N–H and O–H groups in total. The fourth-order valence-electron chi connectivity index (χ4n) is 1.53. The minimum atomic E-state index is -1.10. The van der Waals surface area contributed by atoms with Crippen LogP contribution in [-0.4, -0.2) is 11.1 Å². The van der Waals surface area contributed by atoms with Gasteiger partial charge >= 0.3 is 5.97 Å². The second kappa shape index (κ2) is 3.92. The first kappa shape index (κ1) is 10.0. The Labute approximate surface area is 90.6 Å². The first-order valence-electron chi connectivity index (χ1n) is 4.53. The molecule has 78 valence electrons. The van der Waals surface area contributed by atoms with Crippen LogP contribution in [0.15, 0.2) is 41.5 Å². The van der Waals surface area contributed by atoms with Gasteiger partial charge in [-0.15, -0.1) is 0 Å². The summed E-state index contributed by atoms with van der Waals surface area (Å²) in [4.78, 5) is 13.6. The van der Waals surface area contributed by atoms with Crippen LogP contribution in [0, 0.1) is 0 Å². The third-order valence-electron chi connectivity index (χ3n) is 2.25. The van der Waals surface area contributed by atoms with Crippen molar-refractivity contribution in [3.8, 4) is 0 Å². The number of azide groups is 1. The zero-order chi connectivity index (χ0) is 11.5. The number of aromatic carboxylic acids is 1. The Balaban J connectivity index is 2.80. The first-order valence-corrected chi connectivity index (χ1v) is 4.53. The fraction of sp³-hybridized carbons (Fsp3) is 0. The molecule has 0 heterocycles. The van der Waals surface area contributed by atoms with Crippen LogP contribution in [0.3, 0.4) is 0 Å². The van der Waals surface area contributed by atoms with E-state index in [1.165, 1.54) is 6.07 Å². The normalized spacial score (nSPS) is 9.75. The second-order valence-electron chi connectivity index (χ2n) is 3.21. The molecule has 0 aliphatic heterocycles. The Kier molecular flexibility index (Phi) is 2.45. The molecule has 0 aliphatic rings. The van der Waals surface area contributed by atoms with Crippen molar-refractivity contribution < 1.29 is 9.90 Å². The van der Waals surface area contributed by atoms with Gasteiger partial charge in [-0.2, -0.15) is 0 Å². The highest BCUT2D eigenvalue weighted by Gasteiger charge is 2.09. The maximum Gasteiger partial charge on any atom is 0.336 e. The van der Waals surface area contributed by atoms with E-state index in [-0.39, 0.29) is 11.3 Å². The van der Waals surface area contributed by atoms with E-state index >= 15 is 0 Å². The molecule has 0 saturated carbocycles. The van der Waals surface area contributed by atoms with Gasteiger partial charge in [-0.05, 0) is 28.4 Å². The largest absolute Gasteiger partial charge is 0.478 e. The Morgan fingerprint density at radius 2 is 1.88 bits per heavy atom. The molecule has 0 unspecified atom stereocenters. The first-order chi connectivity index (χ1) is 7.72. The monoisotopic (exact) mass is 213 g/mol. The maximum atomic E-state index is 11.0. The molecule has 0 radical (unpaired) electrons. The summed E-state index contributed by atoms with van der Waals surface area (Å²) in [6, 6.07) is 10.4. The van der Waals surface area contributed by atoms with Crippen molar-refractivity contribution in [3.63, 3.8) is 0 Å². The van der Waals surface area contributed by atoms with Gasteiger partial charge in [-0.25, -0.2) is 4.79 Å². The molecule has 0 aliphatic carbocycles. The lowest BCUT2D eigenvalue weighted by Gasteiger charge is -2.03. The molecule has 0 atom stereocenters. The van der Waals surface area contributed by atoms with E-state index in [1.54, 1.807) is 6.07 Å². The number of carbonyl (C=O) groups is 1. The summed E-state index contributed by atoms with van der Waals surface area (Å²) in [6.07, 6.45) is 0. The third kappa shape index (κ3) is 1.67. The molecule has 0 saturated heterocycles. The van der Waals surface area contributed by atoms with Gasteiger partial charge in [0.05, 0.1) is 11.3 Å². The number of fused-ring (bicyclic) bond motifs is 1. The molecule has 5 heteroatoms. The average molecular weight is 213 g/mol. The van der Waals surface area contributed by atoms with Crippen molar-refractivity contribution in [3.05, 3.63) is 52.4 Å². The Morgan fingerprint density at radius 3 is 2.44 bits per heavy atom. The molecular weight excluding hydrogens is 206 g/mol. The fourth-order valence-corrected chi connectivity index (χ4v) is 1.53. The van der Waals surface area contributed by atoms with E-state index in [2.05, 4.69) is 10.0 Å².